The number of carbonyl (C=O) groups excluding carboxylic acids is 6. The Bertz CT molecular complexity index is 1740. The number of benzene rings is 4. The van der Waals surface area contributed by atoms with Crippen molar-refractivity contribution in [3.05, 3.63) is 119 Å². The minimum atomic E-state index is -1.40. The van der Waals surface area contributed by atoms with E-state index in [1.165, 1.54) is 36.4 Å². The van der Waals surface area contributed by atoms with Crippen molar-refractivity contribution in [1.29, 1.82) is 0 Å². The molecule has 0 bridgehead atoms. The van der Waals surface area contributed by atoms with E-state index in [2.05, 4.69) is 0 Å². The Morgan fingerprint density at radius 3 is 1.26 bits per heavy atom. The van der Waals surface area contributed by atoms with Crippen molar-refractivity contribution in [2.75, 3.05) is 13.2 Å². The topological polar surface area (TPSA) is 130 Å². The van der Waals surface area contributed by atoms with Gasteiger partial charge in [0.25, 0.3) is 0 Å². The lowest BCUT2D eigenvalue weighted by molar-refractivity contribution is -0.121. The fourth-order valence-electron chi connectivity index (χ4n) is 5.79. The molecule has 0 saturated carbocycles. The van der Waals surface area contributed by atoms with Gasteiger partial charge in [-0.25, -0.2) is 0 Å². The second kappa shape index (κ2) is 13.7. The maximum absolute atomic E-state index is 13.2. The lowest BCUT2D eigenvalue weighted by Crippen LogP contribution is -2.25. The average molecular weight is 631 g/mol. The van der Waals surface area contributed by atoms with E-state index < -0.39 is 46.5 Å². The molecule has 9 nitrogen and oxygen atoms in total. The number of fused-ring (bicyclic) bond motifs is 2. The quantitative estimate of drug-likeness (QED) is 0.116. The molecule has 2 aliphatic carbocycles. The highest BCUT2D eigenvalue weighted by atomic mass is 16.5. The van der Waals surface area contributed by atoms with Gasteiger partial charge in [-0.1, -0.05) is 36.4 Å². The molecule has 2 atom stereocenters. The van der Waals surface area contributed by atoms with E-state index in [0.29, 0.717) is 24.3 Å². The fraction of sp³-hybridized carbons (Fsp3) is 0.211. The zero-order valence-corrected chi connectivity index (χ0v) is 25.3. The second-order valence-electron chi connectivity index (χ2n) is 11.3. The third kappa shape index (κ3) is 6.65. The van der Waals surface area contributed by atoms with Crippen LogP contribution in [0.4, 0.5) is 0 Å². The van der Waals surface area contributed by atoms with Gasteiger partial charge in [0.05, 0.1) is 13.2 Å². The zero-order chi connectivity index (χ0) is 32.9. The molecule has 2 aliphatic rings. The molecule has 236 valence electrons. The molecule has 0 heterocycles. The molecule has 4 aromatic rings. The first-order chi connectivity index (χ1) is 22.8. The first-order valence-corrected chi connectivity index (χ1v) is 15.4. The summed E-state index contributed by atoms with van der Waals surface area (Å²) in [5, 5.41) is 0. The van der Waals surface area contributed by atoms with Crippen LogP contribution in [0.15, 0.2) is 97.1 Å². The summed E-state index contributed by atoms with van der Waals surface area (Å²) in [5.74, 6) is -4.26. The van der Waals surface area contributed by atoms with Crippen molar-refractivity contribution >= 4 is 34.7 Å². The predicted molar refractivity (Wildman–Crippen MR) is 170 cm³/mol. The van der Waals surface area contributed by atoms with Crippen LogP contribution < -0.4 is 14.2 Å². The van der Waals surface area contributed by atoms with E-state index in [-0.39, 0.29) is 59.8 Å². The number of rotatable bonds is 14. The van der Waals surface area contributed by atoms with E-state index in [1.54, 1.807) is 24.3 Å². The Labute approximate surface area is 270 Å². The van der Waals surface area contributed by atoms with Gasteiger partial charge in [-0.15, -0.1) is 0 Å². The predicted octanol–water partition coefficient (Wildman–Crippen LogP) is 6.33. The van der Waals surface area contributed by atoms with E-state index in [0.717, 1.165) is 0 Å². The molecule has 4 aromatic carbocycles. The minimum Gasteiger partial charge on any atom is -0.494 e. The monoisotopic (exact) mass is 630 g/mol. The van der Waals surface area contributed by atoms with Crippen LogP contribution in [0.2, 0.25) is 0 Å². The highest BCUT2D eigenvalue weighted by molar-refractivity contribution is 6.36. The summed E-state index contributed by atoms with van der Waals surface area (Å²) in [6.45, 7) is 0.534. The Balaban J connectivity index is 1.06. The Morgan fingerprint density at radius 2 is 0.851 bits per heavy atom. The zero-order valence-electron chi connectivity index (χ0n) is 25.3. The molecule has 0 aliphatic heterocycles. The molecule has 0 amide bonds. The molecular formula is C38H30O9. The van der Waals surface area contributed by atoms with Crippen molar-refractivity contribution in [2.45, 2.75) is 25.7 Å². The number of hydrogen-bond donors (Lipinski definition) is 0. The highest BCUT2D eigenvalue weighted by Crippen LogP contribution is 2.36. The first kappa shape index (κ1) is 31.3. The van der Waals surface area contributed by atoms with Gasteiger partial charge >= 0.3 is 0 Å². The molecule has 9 heteroatoms. The molecule has 0 N–H and O–H groups in total. The number of carbonyl (C=O) groups is 6. The first-order valence-electron chi connectivity index (χ1n) is 15.4. The molecular weight excluding hydrogens is 600 g/mol. The Morgan fingerprint density at radius 1 is 0.468 bits per heavy atom. The summed E-state index contributed by atoms with van der Waals surface area (Å²) >= 11 is 0. The third-order valence-corrected chi connectivity index (χ3v) is 8.13. The smallest absolute Gasteiger partial charge is 0.182 e. The van der Waals surface area contributed by atoms with E-state index in [9.17, 15) is 28.8 Å². The van der Waals surface area contributed by atoms with Gasteiger partial charge in [-0.05, 0) is 73.5 Å². The van der Waals surface area contributed by atoms with Gasteiger partial charge in [0.2, 0.25) is 0 Å². The van der Waals surface area contributed by atoms with Crippen LogP contribution >= 0.6 is 0 Å². The molecule has 0 spiro atoms. The van der Waals surface area contributed by atoms with E-state index in [1.807, 2.05) is 36.4 Å². The SMILES string of the molecule is O=C(CCCOc1ccccc1)C1C(=O)c2ccc(Oc3ccc4c(c3)C(=O)C(C(=O)CCCOc3ccccc3)C4=O)cc2C1=O. The maximum Gasteiger partial charge on any atom is 0.182 e. The van der Waals surface area contributed by atoms with Crippen molar-refractivity contribution < 1.29 is 43.0 Å². The summed E-state index contributed by atoms with van der Waals surface area (Å²) < 4.78 is 17.1. The van der Waals surface area contributed by atoms with Crippen LogP contribution in [0.25, 0.3) is 0 Å². The summed E-state index contributed by atoms with van der Waals surface area (Å²) in [6.07, 6.45) is 0.729. The number of ketones is 6. The molecule has 0 radical (unpaired) electrons. The summed E-state index contributed by atoms with van der Waals surface area (Å²) in [4.78, 5) is 78.0. The molecule has 0 aromatic heterocycles. The second-order valence-corrected chi connectivity index (χ2v) is 11.3. The molecule has 0 fully saturated rings. The fourth-order valence-corrected chi connectivity index (χ4v) is 5.79. The largest absolute Gasteiger partial charge is 0.494 e. The number of para-hydroxylation sites is 2. The number of Topliss-reactive ketones (excluding diaryl/α,β-unsaturated/α-hetero) is 6. The minimum absolute atomic E-state index is 0.0131. The highest BCUT2D eigenvalue weighted by Gasteiger charge is 2.44. The van der Waals surface area contributed by atoms with Crippen LogP contribution in [0, 0.1) is 11.8 Å². The van der Waals surface area contributed by atoms with Gasteiger partial charge < -0.3 is 14.2 Å². The van der Waals surface area contributed by atoms with E-state index >= 15 is 0 Å². The lowest BCUT2D eigenvalue weighted by atomic mass is 9.95. The van der Waals surface area contributed by atoms with Gasteiger partial charge in [0.15, 0.2) is 34.7 Å². The number of hydrogen-bond acceptors (Lipinski definition) is 9. The van der Waals surface area contributed by atoms with Gasteiger partial charge in [0, 0.05) is 35.1 Å². The summed E-state index contributed by atoms with van der Waals surface area (Å²) in [7, 11) is 0. The van der Waals surface area contributed by atoms with Crippen LogP contribution in [-0.4, -0.2) is 47.9 Å². The van der Waals surface area contributed by atoms with Gasteiger partial charge in [-0.2, -0.15) is 0 Å². The standard InChI is InChI=1S/C38H30O9/c39-31(13-7-19-45-23-9-3-1-4-10-23)33-35(41)27-17-15-25(21-29(27)37(33)43)47-26-16-18-28-30(22-26)38(44)34(36(28)42)32(40)14-8-20-46-24-11-5-2-6-12-24/h1-6,9-12,15-18,21-22,33-34H,7-8,13-14,19-20H2. The average Bonchev–Trinajstić information content (AvgIpc) is 3.49. The van der Waals surface area contributed by atoms with Crippen LogP contribution in [0.1, 0.15) is 67.1 Å². The number of ether oxygens (including phenoxy) is 3. The molecule has 47 heavy (non-hydrogen) atoms. The summed E-state index contributed by atoms with van der Waals surface area (Å²) in [6, 6.07) is 26.9. The van der Waals surface area contributed by atoms with Gasteiger partial charge in [0.1, 0.15) is 34.8 Å². The third-order valence-electron chi connectivity index (χ3n) is 8.13. The Kier molecular flexibility index (Phi) is 9.15. The molecule has 6 rings (SSSR count). The molecule has 0 saturated heterocycles. The lowest BCUT2D eigenvalue weighted by Gasteiger charge is -2.08. The normalized spacial score (nSPS) is 16.5. The van der Waals surface area contributed by atoms with Crippen LogP contribution in [0.3, 0.4) is 0 Å². The van der Waals surface area contributed by atoms with Crippen LogP contribution in [-0.2, 0) is 9.59 Å². The maximum atomic E-state index is 13.2. The Hall–Kier alpha value is -5.70. The van der Waals surface area contributed by atoms with E-state index in [4.69, 9.17) is 14.2 Å². The van der Waals surface area contributed by atoms with Crippen molar-refractivity contribution in [1.82, 2.24) is 0 Å². The summed E-state index contributed by atoms with van der Waals surface area (Å²) in [5.41, 5.74) is 0.458. The van der Waals surface area contributed by atoms with Crippen molar-refractivity contribution in [3.8, 4) is 23.0 Å². The van der Waals surface area contributed by atoms with Crippen molar-refractivity contribution in [3.63, 3.8) is 0 Å². The van der Waals surface area contributed by atoms with Gasteiger partial charge in [-0.3, -0.25) is 28.8 Å². The van der Waals surface area contributed by atoms with Crippen molar-refractivity contribution in [2.24, 2.45) is 11.8 Å². The van der Waals surface area contributed by atoms with Crippen LogP contribution in [0.5, 0.6) is 23.0 Å². The molecule has 2 unspecified atom stereocenters.